The molecule has 0 fully saturated rings. The molecule has 0 bridgehead atoms. The standard InChI is InChI=1S/2C12H27O3P.Fe/c2*1-4-7-9-12(6-3)11-15-16(13,14)10-8-5-2;/h2*12H,4-11H2,1-3H3,(H,13,14);/q;;+2/p-2. The van der Waals surface area contributed by atoms with Crippen LogP contribution in [0.2, 0.25) is 0 Å². The summed E-state index contributed by atoms with van der Waals surface area (Å²) in [5.74, 6) is 0.785. The molecule has 33 heavy (non-hydrogen) atoms. The van der Waals surface area contributed by atoms with Crippen LogP contribution in [0, 0.1) is 11.8 Å². The van der Waals surface area contributed by atoms with E-state index >= 15 is 0 Å². The molecule has 0 spiro atoms. The van der Waals surface area contributed by atoms with Gasteiger partial charge in [-0.1, -0.05) is 92.9 Å². The minimum Gasteiger partial charge on any atom is -0.778 e. The van der Waals surface area contributed by atoms with Gasteiger partial charge in [-0.3, -0.25) is 0 Å². The second kappa shape index (κ2) is 24.5. The predicted octanol–water partition coefficient (Wildman–Crippen LogP) is 7.14. The molecule has 0 aromatic carbocycles. The Morgan fingerprint density at radius 3 is 1.15 bits per heavy atom. The molecule has 0 rings (SSSR count). The van der Waals surface area contributed by atoms with Gasteiger partial charge in [-0.2, -0.15) is 0 Å². The summed E-state index contributed by atoms with van der Waals surface area (Å²) in [6, 6.07) is 0. The Labute approximate surface area is 215 Å². The molecule has 6 nitrogen and oxygen atoms in total. The second-order valence-electron chi connectivity index (χ2n) is 8.80. The van der Waals surface area contributed by atoms with Gasteiger partial charge < -0.3 is 28.0 Å². The van der Waals surface area contributed by atoms with Gasteiger partial charge in [0.15, 0.2) is 0 Å². The summed E-state index contributed by atoms with van der Waals surface area (Å²) in [7, 11) is -7.12. The molecule has 0 saturated carbocycles. The van der Waals surface area contributed by atoms with Crippen molar-refractivity contribution in [3.63, 3.8) is 0 Å². The summed E-state index contributed by atoms with van der Waals surface area (Å²) >= 11 is 0. The third-order valence-corrected chi connectivity index (χ3v) is 8.48. The van der Waals surface area contributed by atoms with E-state index < -0.39 is 15.2 Å². The zero-order valence-electron chi connectivity index (χ0n) is 22.2. The van der Waals surface area contributed by atoms with Gasteiger partial charge in [0.2, 0.25) is 0 Å². The first-order chi connectivity index (χ1) is 15.1. The van der Waals surface area contributed by atoms with E-state index in [1.165, 1.54) is 0 Å². The van der Waals surface area contributed by atoms with Crippen LogP contribution in [0.3, 0.4) is 0 Å². The molecule has 0 aromatic heterocycles. The van der Waals surface area contributed by atoms with Crippen molar-refractivity contribution in [1.82, 2.24) is 0 Å². The first-order valence-corrected chi connectivity index (χ1v) is 16.5. The van der Waals surface area contributed by atoms with Gasteiger partial charge in [-0.15, -0.1) is 0 Å². The van der Waals surface area contributed by atoms with Crippen LogP contribution in [0.15, 0.2) is 0 Å². The largest absolute Gasteiger partial charge is 2.00 e. The van der Waals surface area contributed by atoms with E-state index in [0.717, 1.165) is 64.2 Å². The van der Waals surface area contributed by atoms with E-state index in [0.29, 0.717) is 37.9 Å². The van der Waals surface area contributed by atoms with Crippen molar-refractivity contribution in [1.29, 1.82) is 0 Å². The molecule has 0 heterocycles. The van der Waals surface area contributed by atoms with Gasteiger partial charge in [-0.05, 0) is 37.5 Å². The first-order valence-electron chi connectivity index (χ1n) is 13.0. The van der Waals surface area contributed by atoms with E-state index in [-0.39, 0.29) is 29.4 Å². The fourth-order valence-electron chi connectivity index (χ4n) is 3.07. The molecule has 0 radical (unpaired) electrons. The van der Waals surface area contributed by atoms with Gasteiger partial charge in [-0.25, -0.2) is 0 Å². The molecule has 202 valence electrons. The van der Waals surface area contributed by atoms with Crippen LogP contribution in [0.4, 0.5) is 0 Å². The zero-order valence-corrected chi connectivity index (χ0v) is 25.1. The molecule has 0 N–H and O–H groups in total. The summed E-state index contributed by atoms with van der Waals surface area (Å²) in [5.41, 5.74) is 0. The van der Waals surface area contributed by atoms with E-state index in [4.69, 9.17) is 9.05 Å². The molecule has 4 unspecified atom stereocenters. The number of unbranched alkanes of at least 4 members (excludes halogenated alkanes) is 4. The quantitative estimate of drug-likeness (QED) is 0.117. The Morgan fingerprint density at radius 1 is 0.606 bits per heavy atom. The molecule has 4 atom stereocenters. The van der Waals surface area contributed by atoms with Crippen LogP contribution in [-0.2, 0) is 35.2 Å². The summed E-state index contributed by atoms with van der Waals surface area (Å²) in [5, 5.41) is 0. The zero-order chi connectivity index (χ0) is 24.9. The normalized spacial score (nSPS) is 16.5. The Morgan fingerprint density at radius 2 is 0.909 bits per heavy atom. The topological polar surface area (TPSA) is 98.7 Å². The number of hydrogen-bond acceptors (Lipinski definition) is 6. The van der Waals surface area contributed by atoms with E-state index in [1.807, 2.05) is 13.8 Å². The summed E-state index contributed by atoms with van der Waals surface area (Å²) in [6.07, 6.45) is 12.3. The molecular formula is C24H52FeO6P2. The fraction of sp³-hybridized carbons (Fsp3) is 1.00. The van der Waals surface area contributed by atoms with Crippen molar-refractivity contribution >= 4 is 15.2 Å². The van der Waals surface area contributed by atoms with Crippen molar-refractivity contribution < 1.29 is 45.0 Å². The molecule has 0 aliphatic carbocycles. The molecule has 0 aliphatic rings. The maximum absolute atomic E-state index is 11.5. The Kier molecular flexibility index (Phi) is 28.5. The van der Waals surface area contributed by atoms with Crippen LogP contribution in [0.1, 0.15) is 119 Å². The second-order valence-corrected chi connectivity index (χ2v) is 12.7. The van der Waals surface area contributed by atoms with Gasteiger partial charge in [0, 0.05) is 12.3 Å². The number of rotatable bonds is 20. The van der Waals surface area contributed by atoms with Crippen molar-refractivity contribution in [2.45, 2.75) is 119 Å². The van der Waals surface area contributed by atoms with Crippen LogP contribution in [-0.4, -0.2) is 25.5 Å². The van der Waals surface area contributed by atoms with Crippen LogP contribution >= 0.6 is 15.2 Å². The van der Waals surface area contributed by atoms with Crippen molar-refractivity contribution in [3.05, 3.63) is 0 Å². The van der Waals surface area contributed by atoms with Gasteiger partial charge in [0.1, 0.15) is 15.2 Å². The monoisotopic (exact) mass is 554 g/mol. The van der Waals surface area contributed by atoms with Crippen molar-refractivity contribution in [2.24, 2.45) is 11.8 Å². The summed E-state index contributed by atoms with van der Waals surface area (Å²) < 4.78 is 33.1. The molecule has 9 heteroatoms. The fourth-order valence-corrected chi connectivity index (χ4v) is 5.61. The molecule has 0 saturated heterocycles. The van der Waals surface area contributed by atoms with Gasteiger partial charge >= 0.3 is 17.1 Å². The van der Waals surface area contributed by atoms with Crippen LogP contribution in [0.5, 0.6) is 0 Å². The molecule has 0 aromatic rings. The maximum Gasteiger partial charge on any atom is 2.00 e. The van der Waals surface area contributed by atoms with E-state index in [9.17, 15) is 18.9 Å². The van der Waals surface area contributed by atoms with Gasteiger partial charge in [0.25, 0.3) is 0 Å². The average molecular weight is 554 g/mol. The summed E-state index contributed by atoms with van der Waals surface area (Å²) in [4.78, 5) is 23.0. The first kappa shape index (κ1) is 38.4. The van der Waals surface area contributed by atoms with E-state index in [2.05, 4.69) is 27.7 Å². The predicted molar refractivity (Wildman–Crippen MR) is 133 cm³/mol. The molecular weight excluding hydrogens is 502 g/mol. The average Bonchev–Trinajstić information content (AvgIpc) is 2.77. The minimum atomic E-state index is -3.56. The van der Waals surface area contributed by atoms with Crippen LogP contribution in [0.25, 0.3) is 0 Å². The molecule has 0 aliphatic heterocycles. The third kappa shape index (κ3) is 25.7. The van der Waals surface area contributed by atoms with Crippen molar-refractivity contribution in [2.75, 3.05) is 25.5 Å². The summed E-state index contributed by atoms with van der Waals surface area (Å²) in [6.45, 7) is 13.2. The Hall–Kier alpha value is 0.819. The third-order valence-electron chi connectivity index (χ3n) is 5.67. The number of hydrogen-bond donors (Lipinski definition) is 0. The smallest absolute Gasteiger partial charge is 0.778 e. The maximum atomic E-state index is 11.5. The molecule has 0 amide bonds. The van der Waals surface area contributed by atoms with Crippen molar-refractivity contribution in [3.8, 4) is 0 Å². The van der Waals surface area contributed by atoms with Gasteiger partial charge in [0.05, 0.1) is 13.2 Å². The Bertz CT molecular complexity index is 463. The Balaban J connectivity index is -0.000000529. The van der Waals surface area contributed by atoms with E-state index in [1.54, 1.807) is 0 Å². The minimum absolute atomic E-state index is 0. The van der Waals surface area contributed by atoms with Crippen LogP contribution < -0.4 is 9.79 Å². The SMILES string of the molecule is CCCCC(CC)COP(=O)([O-])CCCC.CCCCC(CC)COP(=O)([O-])CCCC.[Fe+2].